The number of nitrogens with zero attached hydrogens (tertiary/aromatic N) is 2. The number of nitriles is 1. The van der Waals surface area contributed by atoms with Crippen LogP contribution in [0.4, 0.5) is 0 Å². The van der Waals surface area contributed by atoms with E-state index in [9.17, 15) is 4.79 Å². The lowest BCUT2D eigenvalue weighted by molar-refractivity contribution is 0.0964. The summed E-state index contributed by atoms with van der Waals surface area (Å²) in [6.07, 6.45) is 1.85. The molecule has 5 heteroatoms. The van der Waals surface area contributed by atoms with Gasteiger partial charge in [-0.05, 0) is 29.8 Å². The summed E-state index contributed by atoms with van der Waals surface area (Å²) in [5, 5.41) is 12.4. The first kappa shape index (κ1) is 15.6. The summed E-state index contributed by atoms with van der Waals surface area (Å²) in [5.74, 6) is 0.619. The van der Waals surface area contributed by atoms with Crippen LogP contribution in [0.2, 0.25) is 0 Å². The molecule has 0 spiro atoms. The maximum absolute atomic E-state index is 12.1. The first-order valence-electron chi connectivity index (χ1n) is 7.54. The highest BCUT2D eigenvalue weighted by Crippen LogP contribution is 2.26. The van der Waals surface area contributed by atoms with Crippen molar-refractivity contribution in [3.63, 3.8) is 0 Å². The number of hydrogen-bond donors (Lipinski definition) is 1. The van der Waals surface area contributed by atoms with Gasteiger partial charge in [0.25, 0.3) is 5.91 Å². The summed E-state index contributed by atoms with van der Waals surface area (Å²) in [6.45, 7) is 0.604. The maximum atomic E-state index is 12.1. The normalized spacial score (nSPS) is 10.4. The Labute approximate surface area is 140 Å². The maximum Gasteiger partial charge on any atom is 0.253 e. The van der Waals surface area contributed by atoms with Crippen LogP contribution in [0, 0.1) is 11.3 Å². The van der Waals surface area contributed by atoms with Gasteiger partial charge in [-0.2, -0.15) is 5.26 Å². The van der Waals surface area contributed by atoms with Crippen molar-refractivity contribution in [1.29, 1.82) is 5.26 Å². The van der Waals surface area contributed by atoms with E-state index in [-0.39, 0.29) is 5.91 Å². The SMILES string of the molecule is CNC(=O)c1cn(Cc2ccc(C#N)cc2)c2cc(OC)ccc12. The molecule has 0 saturated heterocycles. The number of nitrogens with one attached hydrogen (secondary N) is 1. The van der Waals surface area contributed by atoms with Crippen molar-refractivity contribution < 1.29 is 9.53 Å². The summed E-state index contributed by atoms with van der Waals surface area (Å²) >= 11 is 0. The highest BCUT2D eigenvalue weighted by Gasteiger charge is 2.15. The average molecular weight is 319 g/mol. The molecular formula is C19H17N3O2. The summed E-state index contributed by atoms with van der Waals surface area (Å²) in [6, 6.07) is 15.2. The lowest BCUT2D eigenvalue weighted by Crippen LogP contribution is -2.17. The Morgan fingerprint density at radius 2 is 2.00 bits per heavy atom. The zero-order chi connectivity index (χ0) is 17.1. The van der Waals surface area contributed by atoms with Crippen LogP contribution in [0.5, 0.6) is 5.75 Å². The highest BCUT2D eigenvalue weighted by molar-refractivity contribution is 6.07. The second-order valence-corrected chi connectivity index (χ2v) is 5.44. The molecule has 3 aromatic rings. The number of fused-ring (bicyclic) bond motifs is 1. The number of carbonyl (C=O) groups is 1. The Kier molecular flexibility index (Phi) is 4.21. The molecule has 0 bridgehead atoms. The second-order valence-electron chi connectivity index (χ2n) is 5.44. The zero-order valence-electron chi connectivity index (χ0n) is 13.5. The fourth-order valence-corrected chi connectivity index (χ4v) is 2.73. The largest absolute Gasteiger partial charge is 0.497 e. The molecule has 0 atom stereocenters. The van der Waals surface area contributed by atoms with Gasteiger partial charge in [0.15, 0.2) is 0 Å². The first-order valence-corrected chi connectivity index (χ1v) is 7.54. The molecule has 24 heavy (non-hydrogen) atoms. The fraction of sp³-hybridized carbons (Fsp3) is 0.158. The smallest absolute Gasteiger partial charge is 0.253 e. The Morgan fingerprint density at radius 1 is 1.25 bits per heavy atom. The summed E-state index contributed by atoms with van der Waals surface area (Å²) in [4.78, 5) is 12.1. The number of carbonyl (C=O) groups excluding carboxylic acids is 1. The molecule has 3 rings (SSSR count). The standard InChI is InChI=1S/C19H17N3O2/c1-21-19(23)17-12-22(11-14-5-3-13(10-20)4-6-14)18-9-15(24-2)7-8-16(17)18/h3-9,12H,11H2,1-2H3,(H,21,23). The number of methoxy groups -OCH3 is 1. The fourth-order valence-electron chi connectivity index (χ4n) is 2.73. The van der Waals surface area contributed by atoms with Crippen molar-refractivity contribution in [2.75, 3.05) is 14.2 Å². The molecular weight excluding hydrogens is 302 g/mol. The van der Waals surface area contributed by atoms with E-state index in [0.717, 1.165) is 22.2 Å². The Balaban J connectivity index is 2.08. The molecule has 1 heterocycles. The van der Waals surface area contributed by atoms with Gasteiger partial charge in [-0.15, -0.1) is 0 Å². The lowest BCUT2D eigenvalue weighted by atomic mass is 10.1. The van der Waals surface area contributed by atoms with E-state index in [4.69, 9.17) is 10.00 Å². The molecule has 0 radical (unpaired) electrons. The van der Waals surface area contributed by atoms with Crippen LogP contribution in [-0.2, 0) is 6.54 Å². The molecule has 1 N–H and O–H groups in total. The van der Waals surface area contributed by atoms with Crippen molar-refractivity contribution in [1.82, 2.24) is 9.88 Å². The summed E-state index contributed by atoms with van der Waals surface area (Å²) in [7, 11) is 3.24. The molecule has 5 nitrogen and oxygen atoms in total. The van der Waals surface area contributed by atoms with Gasteiger partial charge in [-0.3, -0.25) is 4.79 Å². The van der Waals surface area contributed by atoms with Gasteiger partial charge < -0.3 is 14.6 Å². The third kappa shape index (κ3) is 2.82. The number of hydrogen-bond acceptors (Lipinski definition) is 3. The molecule has 0 fully saturated rings. The average Bonchev–Trinajstić information content (AvgIpc) is 2.99. The molecule has 0 aliphatic heterocycles. The van der Waals surface area contributed by atoms with E-state index in [0.29, 0.717) is 17.7 Å². The van der Waals surface area contributed by atoms with E-state index >= 15 is 0 Å². The van der Waals surface area contributed by atoms with Crippen LogP contribution in [0.15, 0.2) is 48.7 Å². The zero-order valence-corrected chi connectivity index (χ0v) is 13.5. The minimum atomic E-state index is -0.122. The van der Waals surface area contributed by atoms with E-state index < -0.39 is 0 Å². The number of benzene rings is 2. The molecule has 0 unspecified atom stereocenters. The minimum absolute atomic E-state index is 0.122. The van der Waals surface area contributed by atoms with Crippen LogP contribution in [0.1, 0.15) is 21.5 Å². The van der Waals surface area contributed by atoms with Gasteiger partial charge in [0, 0.05) is 31.2 Å². The molecule has 0 saturated carbocycles. The van der Waals surface area contributed by atoms with Gasteiger partial charge in [0.05, 0.1) is 29.8 Å². The number of amides is 1. The monoisotopic (exact) mass is 319 g/mol. The van der Waals surface area contributed by atoms with E-state index in [1.807, 2.05) is 41.1 Å². The van der Waals surface area contributed by atoms with E-state index in [2.05, 4.69) is 11.4 Å². The molecule has 0 aliphatic carbocycles. The molecule has 1 aromatic heterocycles. The third-order valence-electron chi connectivity index (χ3n) is 4.00. The number of aromatic nitrogens is 1. The van der Waals surface area contributed by atoms with E-state index in [1.165, 1.54) is 0 Å². The predicted octanol–water partition coefficient (Wildman–Crippen LogP) is 2.93. The molecule has 2 aromatic carbocycles. The Morgan fingerprint density at radius 3 is 2.62 bits per heavy atom. The van der Waals surface area contributed by atoms with Crippen molar-refractivity contribution in [3.05, 3.63) is 65.4 Å². The quantitative estimate of drug-likeness (QED) is 0.804. The molecule has 120 valence electrons. The summed E-state index contributed by atoms with van der Waals surface area (Å²) in [5.41, 5.74) is 3.24. The van der Waals surface area contributed by atoms with Crippen LogP contribution < -0.4 is 10.1 Å². The third-order valence-corrected chi connectivity index (χ3v) is 4.00. The van der Waals surface area contributed by atoms with Gasteiger partial charge >= 0.3 is 0 Å². The van der Waals surface area contributed by atoms with Gasteiger partial charge in [0.2, 0.25) is 0 Å². The molecule has 1 amide bonds. The van der Waals surface area contributed by atoms with E-state index in [1.54, 1.807) is 26.3 Å². The second kappa shape index (κ2) is 6.47. The van der Waals surface area contributed by atoms with Crippen LogP contribution >= 0.6 is 0 Å². The molecule has 0 aliphatic rings. The van der Waals surface area contributed by atoms with Gasteiger partial charge in [-0.25, -0.2) is 0 Å². The van der Waals surface area contributed by atoms with Crippen molar-refractivity contribution >= 4 is 16.8 Å². The lowest BCUT2D eigenvalue weighted by Gasteiger charge is -2.07. The van der Waals surface area contributed by atoms with Crippen molar-refractivity contribution in [2.45, 2.75) is 6.54 Å². The van der Waals surface area contributed by atoms with Crippen molar-refractivity contribution in [3.8, 4) is 11.8 Å². The van der Waals surface area contributed by atoms with Crippen LogP contribution in [-0.4, -0.2) is 24.6 Å². The first-order chi connectivity index (χ1) is 11.7. The Bertz CT molecular complexity index is 934. The van der Waals surface area contributed by atoms with Gasteiger partial charge in [-0.1, -0.05) is 12.1 Å². The number of ether oxygens (including phenoxy) is 1. The number of rotatable bonds is 4. The minimum Gasteiger partial charge on any atom is -0.497 e. The predicted molar refractivity (Wildman–Crippen MR) is 92.1 cm³/mol. The summed E-state index contributed by atoms with van der Waals surface area (Å²) < 4.78 is 7.32. The topological polar surface area (TPSA) is 67.0 Å². The van der Waals surface area contributed by atoms with Gasteiger partial charge in [0.1, 0.15) is 5.75 Å². The Hall–Kier alpha value is -3.26. The van der Waals surface area contributed by atoms with Crippen molar-refractivity contribution in [2.24, 2.45) is 0 Å². The highest BCUT2D eigenvalue weighted by atomic mass is 16.5. The van der Waals surface area contributed by atoms with Crippen LogP contribution in [0.3, 0.4) is 0 Å². The van der Waals surface area contributed by atoms with Crippen LogP contribution in [0.25, 0.3) is 10.9 Å².